The lowest BCUT2D eigenvalue weighted by molar-refractivity contribution is -0.136. The summed E-state index contributed by atoms with van der Waals surface area (Å²) in [5.74, 6) is -0.648. The molecule has 0 spiro atoms. The Morgan fingerprint density at radius 3 is 2.82 bits per heavy atom. The predicted octanol–water partition coefficient (Wildman–Crippen LogP) is 4.04. The van der Waals surface area contributed by atoms with E-state index < -0.39 is 12.1 Å². The Hall–Kier alpha value is -2.17. The lowest BCUT2D eigenvalue weighted by Crippen LogP contribution is -2.23. The zero-order valence-corrected chi connectivity index (χ0v) is 16.2. The standard InChI is InChI=1S/C24H30O4/c25-20(11-10-18-6-2-1-3-7-18)12-14-24-15-13-22(26)21(24)16-19(17-24)8-4-5-9-23(27)28/h1-4,6-8,12,14,17,20-22,25-26H,5,9-11,13,15-16H2,(H,27,28)/t20-,21+,22-,24+/m0/s1. The maximum atomic E-state index is 10.6. The molecule has 4 nitrogen and oxygen atoms in total. The third-order valence-electron chi connectivity index (χ3n) is 5.99. The molecule has 2 aliphatic rings. The molecule has 0 amide bonds. The maximum absolute atomic E-state index is 10.6. The minimum Gasteiger partial charge on any atom is -0.481 e. The predicted molar refractivity (Wildman–Crippen MR) is 110 cm³/mol. The van der Waals surface area contributed by atoms with Gasteiger partial charge in [0.1, 0.15) is 0 Å². The molecule has 4 atom stereocenters. The fourth-order valence-electron chi connectivity index (χ4n) is 4.46. The van der Waals surface area contributed by atoms with Crippen LogP contribution in [0.3, 0.4) is 0 Å². The van der Waals surface area contributed by atoms with E-state index in [1.807, 2.05) is 36.4 Å². The molecule has 1 saturated carbocycles. The van der Waals surface area contributed by atoms with Gasteiger partial charge in [-0.1, -0.05) is 66.3 Å². The first-order valence-corrected chi connectivity index (χ1v) is 10.2. The molecule has 1 fully saturated rings. The fraction of sp³-hybridized carbons (Fsp3) is 0.458. The Morgan fingerprint density at radius 1 is 1.29 bits per heavy atom. The number of carboxylic acids is 1. The fourth-order valence-corrected chi connectivity index (χ4v) is 4.46. The summed E-state index contributed by atoms with van der Waals surface area (Å²) in [5.41, 5.74) is 2.17. The van der Waals surface area contributed by atoms with Crippen LogP contribution in [-0.4, -0.2) is 33.5 Å². The molecule has 0 bridgehead atoms. The Labute approximate surface area is 166 Å². The van der Waals surface area contributed by atoms with Gasteiger partial charge in [-0.05, 0) is 44.1 Å². The van der Waals surface area contributed by atoms with Crippen LogP contribution in [0.1, 0.15) is 44.1 Å². The molecule has 28 heavy (non-hydrogen) atoms. The summed E-state index contributed by atoms with van der Waals surface area (Å²) in [5, 5.41) is 29.6. The Bertz CT molecular complexity index is 749. The van der Waals surface area contributed by atoms with Gasteiger partial charge >= 0.3 is 5.97 Å². The molecule has 0 radical (unpaired) electrons. The summed E-state index contributed by atoms with van der Waals surface area (Å²) in [4.78, 5) is 10.6. The van der Waals surface area contributed by atoms with Crippen molar-refractivity contribution in [3.05, 3.63) is 71.8 Å². The van der Waals surface area contributed by atoms with Crippen molar-refractivity contribution < 1.29 is 20.1 Å². The molecular weight excluding hydrogens is 352 g/mol. The van der Waals surface area contributed by atoms with Crippen molar-refractivity contribution in [3.63, 3.8) is 0 Å². The molecule has 3 N–H and O–H groups in total. The second-order valence-corrected chi connectivity index (χ2v) is 8.03. The SMILES string of the molecule is O=C(O)CCC=CC1=C[C@@]2(C=C[C@@H](O)CCc3ccccc3)CC[C@H](O)[C@H]2C1. The average Bonchev–Trinajstić information content (AvgIpc) is 3.19. The van der Waals surface area contributed by atoms with Gasteiger partial charge in [0.2, 0.25) is 0 Å². The minimum atomic E-state index is -0.791. The Morgan fingerprint density at radius 2 is 2.07 bits per heavy atom. The molecule has 0 heterocycles. The largest absolute Gasteiger partial charge is 0.481 e. The number of aryl methyl sites for hydroxylation is 1. The number of hydrogen-bond acceptors (Lipinski definition) is 3. The molecule has 4 heteroatoms. The number of allylic oxidation sites excluding steroid dienone is 5. The Balaban J connectivity index is 1.62. The van der Waals surface area contributed by atoms with Gasteiger partial charge < -0.3 is 15.3 Å². The number of hydrogen-bond donors (Lipinski definition) is 3. The van der Waals surface area contributed by atoms with Crippen LogP contribution in [0, 0.1) is 11.3 Å². The van der Waals surface area contributed by atoms with Gasteiger partial charge in [-0.3, -0.25) is 4.79 Å². The molecule has 150 valence electrons. The van der Waals surface area contributed by atoms with E-state index in [1.54, 1.807) is 0 Å². The number of benzene rings is 1. The van der Waals surface area contributed by atoms with E-state index in [9.17, 15) is 15.0 Å². The van der Waals surface area contributed by atoms with E-state index in [-0.39, 0.29) is 23.9 Å². The number of aliphatic hydroxyl groups excluding tert-OH is 2. The molecule has 1 aromatic carbocycles. The van der Waals surface area contributed by atoms with Gasteiger partial charge in [0.25, 0.3) is 0 Å². The summed E-state index contributed by atoms with van der Waals surface area (Å²) >= 11 is 0. The summed E-state index contributed by atoms with van der Waals surface area (Å²) < 4.78 is 0. The third kappa shape index (κ3) is 5.21. The quantitative estimate of drug-likeness (QED) is 0.563. The van der Waals surface area contributed by atoms with Crippen LogP contribution in [0.15, 0.2) is 66.3 Å². The number of carboxylic acid groups (broad SMARTS) is 1. The third-order valence-corrected chi connectivity index (χ3v) is 5.99. The molecule has 0 aromatic heterocycles. The van der Waals surface area contributed by atoms with Gasteiger partial charge in [0.15, 0.2) is 0 Å². The zero-order valence-electron chi connectivity index (χ0n) is 16.2. The van der Waals surface area contributed by atoms with Crippen LogP contribution in [0.5, 0.6) is 0 Å². The van der Waals surface area contributed by atoms with Crippen LogP contribution in [0.2, 0.25) is 0 Å². The molecule has 0 saturated heterocycles. The highest BCUT2D eigenvalue weighted by Gasteiger charge is 2.48. The van der Waals surface area contributed by atoms with Crippen LogP contribution < -0.4 is 0 Å². The maximum Gasteiger partial charge on any atom is 0.303 e. The van der Waals surface area contributed by atoms with Gasteiger partial charge in [0.05, 0.1) is 12.2 Å². The highest BCUT2D eigenvalue weighted by molar-refractivity contribution is 5.66. The first-order valence-electron chi connectivity index (χ1n) is 10.2. The van der Waals surface area contributed by atoms with Crippen molar-refractivity contribution in [1.29, 1.82) is 0 Å². The summed E-state index contributed by atoms with van der Waals surface area (Å²) in [6, 6.07) is 10.2. The van der Waals surface area contributed by atoms with E-state index in [0.717, 1.165) is 31.3 Å². The van der Waals surface area contributed by atoms with Gasteiger partial charge in [0, 0.05) is 17.8 Å². The van der Waals surface area contributed by atoms with Crippen LogP contribution in [0.25, 0.3) is 0 Å². The number of fused-ring (bicyclic) bond motifs is 1. The Kier molecular flexibility index (Phi) is 6.87. The average molecular weight is 383 g/mol. The van der Waals surface area contributed by atoms with Crippen molar-refractivity contribution in [1.82, 2.24) is 0 Å². The highest BCUT2D eigenvalue weighted by atomic mass is 16.4. The first-order chi connectivity index (χ1) is 13.5. The van der Waals surface area contributed by atoms with Crippen molar-refractivity contribution in [3.8, 4) is 0 Å². The van der Waals surface area contributed by atoms with Gasteiger partial charge in [-0.2, -0.15) is 0 Å². The molecular formula is C24H30O4. The second kappa shape index (κ2) is 9.35. The zero-order chi connectivity index (χ0) is 20.0. The van der Waals surface area contributed by atoms with Crippen molar-refractivity contribution in [2.75, 3.05) is 0 Å². The van der Waals surface area contributed by atoms with E-state index >= 15 is 0 Å². The van der Waals surface area contributed by atoms with Gasteiger partial charge in [-0.25, -0.2) is 0 Å². The molecule has 2 aliphatic carbocycles. The molecule has 3 rings (SSSR count). The molecule has 0 unspecified atom stereocenters. The monoisotopic (exact) mass is 382 g/mol. The number of rotatable bonds is 9. The van der Waals surface area contributed by atoms with Crippen LogP contribution in [0.4, 0.5) is 0 Å². The summed E-state index contributed by atoms with van der Waals surface area (Å²) in [6.45, 7) is 0. The van der Waals surface area contributed by atoms with E-state index in [1.165, 1.54) is 5.56 Å². The van der Waals surface area contributed by atoms with Crippen molar-refractivity contribution in [2.45, 2.75) is 57.2 Å². The topological polar surface area (TPSA) is 77.8 Å². The molecule has 0 aliphatic heterocycles. The lowest BCUT2D eigenvalue weighted by Gasteiger charge is -2.25. The summed E-state index contributed by atoms with van der Waals surface area (Å²) in [6.07, 6.45) is 13.9. The van der Waals surface area contributed by atoms with Crippen molar-refractivity contribution in [2.24, 2.45) is 11.3 Å². The number of aliphatic carboxylic acids is 1. The number of carbonyl (C=O) groups is 1. The smallest absolute Gasteiger partial charge is 0.303 e. The van der Waals surface area contributed by atoms with E-state index in [2.05, 4.69) is 24.3 Å². The second-order valence-electron chi connectivity index (χ2n) is 8.03. The summed E-state index contributed by atoms with van der Waals surface area (Å²) in [7, 11) is 0. The normalized spacial score (nSPS) is 28.0. The van der Waals surface area contributed by atoms with E-state index in [0.29, 0.717) is 12.8 Å². The lowest BCUT2D eigenvalue weighted by atomic mass is 9.79. The van der Waals surface area contributed by atoms with Crippen LogP contribution in [-0.2, 0) is 11.2 Å². The highest BCUT2D eigenvalue weighted by Crippen LogP contribution is 2.54. The van der Waals surface area contributed by atoms with Gasteiger partial charge in [-0.15, -0.1) is 0 Å². The minimum absolute atomic E-state index is 0.133. The van der Waals surface area contributed by atoms with E-state index in [4.69, 9.17) is 5.11 Å². The first kappa shape index (κ1) is 20.6. The molecule has 1 aromatic rings. The van der Waals surface area contributed by atoms with Crippen LogP contribution >= 0.6 is 0 Å². The number of aliphatic hydroxyl groups is 2. The van der Waals surface area contributed by atoms with Crippen molar-refractivity contribution >= 4 is 5.97 Å².